The first-order chi connectivity index (χ1) is 8.08. The molecule has 5 N–H and O–H groups in total. The molecular formula is C9H14N6O2. The molecule has 0 bridgehead atoms. The molecule has 0 saturated carbocycles. The summed E-state index contributed by atoms with van der Waals surface area (Å²) in [6.45, 7) is 1.57. The summed E-state index contributed by atoms with van der Waals surface area (Å²) in [6.07, 6.45) is 2.58. The molecule has 0 radical (unpaired) electrons. The Bertz CT molecular complexity index is 404. The van der Waals surface area contributed by atoms with Crippen molar-refractivity contribution < 1.29 is 9.59 Å². The van der Waals surface area contributed by atoms with E-state index in [1.807, 2.05) is 0 Å². The predicted molar refractivity (Wildman–Crippen MR) is 60.8 cm³/mol. The molecule has 1 aromatic heterocycles. The number of aromatic nitrogens is 2. The zero-order valence-corrected chi connectivity index (χ0v) is 9.52. The average Bonchev–Trinajstić information content (AvgIpc) is 2.37. The number of hydrazine groups is 1. The van der Waals surface area contributed by atoms with Gasteiger partial charge in [0.1, 0.15) is 11.7 Å². The van der Waals surface area contributed by atoms with E-state index in [1.54, 1.807) is 6.92 Å². The lowest BCUT2D eigenvalue weighted by Crippen LogP contribution is -2.43. The quantitative estimate of drug-likeness (QED) is 0.379. The highest BCUT2D eigenvalue weighted by Gasteiger charge is 2.16. The van der Waals surface area contributed by atoms with E-state index in [4.69, 9.17) is 5.84 Å². The van der Waals surface area contributed by atoms with Crippen molar-refractivity contribution in [2.45, 2.75) is 13.0 Å². The molecule has 8 heteroatoms. The van der Waals surface area contributed by atoms with Crippen LogP contribution < -0.4 is 21.9 Å². The molecule has 8 nitrogen and oxygen atoms in total. The van der Waals surface area contributed by atoms with E-state index in [2.05, 4.69) is 26.0 Å². The minimum Gasteiger partial charge on any atom is -0.357 e. The minimum atomic E-state index is -0.637. The second-order valence-electron chi connectivity index (χ2n) is 3.24. The molecule has 92 valence electrons. The van der Waals surface area contributed by atoms with Crippen LogP contribution in [0.15, 0.2) is 12.4 Å². The van der Waals surface area contributed by atoms with E-state index in [1.165, 1.54) is 19.4 Å². The summed E-state index contributed by atoms with van der Waals surface area (Å²) in [4.78, 5) is 30.5. The zero-order valence-electron chi connectivity index (χ0n) is 9.52. The number of anilines is 1. The van der Waals surface area contributed by atoms with Crippen molar-refractivity contribution in [1.29, 1.82) is 0 Å². The highest BCUT2D eigenvalue weighted by Crippen LogP contribution is 1.99. The largest absolute Gasteiger partial charge is 0.357 e. The number of nitrogens with zero attached hydrogens (tertiary/aromatic N) is 2. The highest BCUT2D eigenvalue weighted by molar-refractivity contribution is 5.95. The summed E-state index contributed by atoms with van der Waals surface area (Å²) >= 11 is 0. The summed E-state index contributed by atoms with van der Waals surface area (Å²) < 4.78 is 0. The van der Waals surface area contributed by atoms with Gasteiger partial charge in [-0.3, -0.25) is 9.59 Å². The smallest absolute Gasteiger partial charge is 0.272 e. The monoisotopic (exact) mass is 238 g/mol. The maximum absolute atomic E-state index is 11.6. The van der Waals surface area contributed by atoms with Crippen molar-refractivity contribution >= 4 is 17.6 Å². The molecule has 0 spiro atoms. The van der Waals surface area contributed by atoms with Crippen LogP contribution >= 0.6 is 0 Å². The first kappa shape index (κ1) is 12.8. The van der Waals surface area contributed by atoms with E-state index in [0.29, 0.717) is 5.82 Å². The number of carbonyl (C=O) groups excluding carboxylic acids is 2. The zero-order chi connectivity index (χ0) is 12.8. The van der Waals surface area contributed by atoms with Crippen molar-refractivity contribution in [3.63, 3.8) is 0 Å². The molecule has 0 fully saturated rings. The number of nitrogen functional groups attached to an aromatic ring is 1. The molecule has 17 heavy (non-hydrogen) atoms. The molecule has 1 aromatic rings. The fourth-order valence-electron chi connectivity index (χ4n) is 1.07. The van der Waals surface area contributed by atoms with Gasteiger partial charge in [-0.15, -0.1) is 0 Å². The van der Waals surface area contributed by atoms with Gasteiger partial charge in [0.25, 0.3) is 5.91 Å². The number of nitrogens with two attached hydrogens (primary N) is 1. The van der Waals surface area contributed by atoms with Crippen LogP contribution in [-0.2, 0) is 4.79 Å². The van der Waals surface area contributed by atoms with Crippen LogP contribution in [0.1, 0.15) is 17.4 Å². The van der Waals surface area contributed by atoms with Crippen LogP contribution in [0.3, 0.4) is 0 Å². The van der Waals surface area contributed by atoms with Gasteiger partial charge in [-0.1, -0.05) is 0 Å². The lowest BCUT2D eigenvalue weighted by molar-refractivity contribution is -0.122. The Morgan fingerprint density at radius 2 is 2.06 bits per heavy atom. The highest BCUT2D eigenvalue weighted by atomic mass is 16.2. The molecule has 1 rings (SSSR count). The number of rotatable bonds is 4. The van der Waals surface area contributed by atoms with Gasteiger partial charge in [0.2, 0.25) is 5.91 Å². The van der Waals surface area contributed by atoms with Gasteiger partial charge >= 0.3 is 0 Å². The summed E-state index contributed by atoms with van der Waals surface area (Å²) in [5.41, 5.74) is 2.40. The average molecular weight is 238 g/mol. The predicted octanol–water partition coefficient (Wildman–Crippen LogP) is -1.37. The lowest BCUT2D eigenvalue weighted by Gasteiger charge is -2.11. The van der Waals surface area contributed by atoms with E-state index in [9.17, 15) is 9.59 Å². The Labute approximate surface area is 98.0 Å². The Kier molecular flexibility index (Phi) is 4.35. The third-order valence-electron chi connectivity index (χ3n) is 2.02. The third kappa shape index (κ3) is 3.38. The van der Waals surface area contributed by atoms with E-state index < -0.39 is 11.9 Å². The fourth-order valence-corrected chi connectivity index (χ4v) is 1.07. The van der Waals surface area contributed by atoms with Crippen LogP contribution in [0.2, 0.25) is 0 Å². The Morgan fingerprint density at radius 1 is 1.35 bits per heavy atom. The maximum atomic E-state index is 11.6. The number of amides is 2. The van der Waals surface area contributed by atoms with Crippen molar-refractivity contribution in [3.05, 3.63) is 18.1 Å². The van der Waals surface area contributed by atoms with Crippen molar-refractivity contribution in [3.8, 4) is 0 Å². The van der Waals surface area contributed by atoms with E-state index >= 15 is 0 Å². The van der Waals surface area contributed by atoms with Gasteiger partial charge in [-0.2, -0.15) is 0 Å². The third-order valence-corrected chi connectivity index (χ3v) is 2.02. The van der Waals surface area contributed by atoms with E-state index in [0.717, 1.165) is 0 Å². The molecule has 1 atom stereocenters. The van der Waals surface area contributed by atoms with Crippen molar-refractivity contribution in [2.75, 3.05) is 12.5 Å². The van der Waals surface area contributed by atoms with Crippen LogP contribution in [0, 0.1) is 0 Å². The Hall–Kier alpha value is -2.22. The van der Waals surface area contributed by atoms with Crippen LogP contribution in [0.25, 0.3) is 0 Å². The Morgan fingerprint density at radius 3 is 2.53 bits per heavy atom. The SMILES string of the molecule is CNC(=O)C(C)NC(=O)c1cnc(NN)cn1. The lowest BCUT2D eigenvalue weighted by atomic mass is 10.3. The standard InChI is InChI=1S/C9H14N6O2/c1-5(8(16)11-2)14-9(17)6-3-13-7(15-10)4-12-6/h3-5H,10H2,1-2H3,(H,11,16)(H,13,15)(H,14,17). The molecular weight excluding hydrogens is 224 g/mol. The molecule has 2 amide bonds. The first-order valence-corrected chi connectivity index (χ1v) is 4.89. The summed E-state index contributed by atoms with van der Waals surface area (Å²) in [5.74, 6) is 4.70. The molecule has 0 aliphatic rings. The Balaban J connectivity index is 2.66. The number of hydrogen-bond donors (Lipinski definition) is 4. The summed E-state index contributed by atoms with van der Waals surface area (Å²) in [7, 11) is 1.49. The molecule has 0 aliphatic heterocycles. The van der Waals surface area contributed by atoms with Gasteiger partial charge < -0.3 is 16.1 Å². The van der Waals surface area contributed by atoms with E-state index in [-0.39, 0.29) is 11.6 Å². The number of hydrogen-bond acceptors (Lipinski definition) is 6. The van der Waals surface area contributed by atoms with Gasteiger partial charge in [0, 0.05) is 7.05 Å². The molecule has 1 unspecified atom stereocenters. The summed E-state index contributed by atoms with van der Waals surface area (Å²) in [5, 5.41) is 4.90. The summed E-state index contributed by atoms with van der Waals surface area (Å²) in [6, 6.07) is -0.637. The van der Waals surface area contributed by atoms with Crippen molar-refractivity contribution in [1.82, 2.24) is 20.6 Å². The number of carbonyl (C=O) groups is 2. The molecule has 0 aliphatic carbocycles. The molecule has 1 heterocycles. The normalized spacial score (nSPS) is 11.5. The topological polar surface area (TPSA) is 122 Å². The molecule has 0 saturated heterocycles. The number of nitrogens with one attached hydrogen (secondary N) is 3. The van der Waals surface area contributed by atoms with Crippen LogP contribution in [0.4, 0.5) is 5.82 Å². The minimum absolute atomic E-state index is 0.111. The van der Waals surface area contributed by atoms with Gasteiger partial charge in [0.05, 0.1) is 12.4 Å². The second kappa shape index (κ2) is 5.75. The number of likely N-dealkylation sites (N-methyl/N-ethyl adjacent to an activating group) is 1. The van der Waals surface area contributed by atoms with Crippen LogP contribution in [0.5, 0.6) is 0 Å². The molecule has 0 aromatic carbocycles. The van der Waals surface area contributed by atoms with Gasteiger partial charge in [0.15, 0.2) is 5.82 Å². The fraction of sp³-hybridized carbons (Fsp3) is 0.333. The van der Waals surface area contributed by atoms with Crippen molar-refractivity contribution in [2.24, 2.45) is 5.84 Å². The maximum Gasteiger partial charge on any atom is 0.272 e. The second-order valence-corrected chi connectivity index (χ2v) is 3.24. The first-order valence-electron chi connectivity index (χ1n) is 4.89. The van der Waals surface area contributed by atoms with Gasteiger partial charge in [-0.25, -0.2) is 15.8 Å². The van der Waals surface area contributed by atoms with Gasteiger partial charge in [-0.05, 0) is 6.92 Å². The van der Waals surface area contributed by atoms with Crippen LogP contribution in [-0.4, -0.2) is 34.9 Å².